The highest BCUT2D eigenvalue weighted by atomic mass is 35.5. The second-order valence-electron chi connectivity index (χ2n) is 5.09. The molecular formula is C16H18ClN3O4S2. The van der Waals surface area contributed by atoms with Gasteiger partial charge in [-0.1, -0.05) is 42.1 Å². The van der Waals surface area contributed by atoms with Gasteiger partial charge in [-0.05, 0) is 23.8 Å². The van der Waals surface area contributed by atoms with Gasteiger partial charge < -0.3 is 4.74 Å². The van der Waals surface area contributed by atoms with Crippen molar-refractivity contribution in [3.8, 4) is 0 Å². The number of nitrogens with zero attached hydrogens (tertiary/aromatic N) is 3. The molecule has 0 unspecified atom stereocenters. The highest BCUT2D eigenvalue weighted by Gasteiger charge is 2.20. The first kappa shape index (κ1) is 20.5. The number of esters is 1. The van der Waals surface area contributed by atoms with Crippen LogP contribution in [0.2, 0.25) is 4.34 Å². The Bertz CT molecular complexity index is 875. The average Bonchev–Trinajstić information content (AvgIpc) is 3.04. The Labute approximate surface area is 161 Å². The maximum absolute atomic E-state index is 12.4. The average molecular weight is 416 g/mol. The lowest BCUT2D eigenvalue weighted by Gasteiger charge is -2.18. The Hall–Kier alpha value is -1.81. The quantitative estimate of drug-likeness (QED) is 0.486. The van der Waals surface area contributed by atoms with Crippen molar-refractivity contribution in [1.29, 1.82) is 0 Å². The van der Waals surface area contributed by atoms with Gasteiger partial charge in [0.05, 0.1) is 4.90 Å². The molecule has 140 valence electrons. The van der Waals surface area contributed by atoms with Crippen LogP contribution in [-0.4, -0.2) is 41.4 Å². The van der Waals surface area contributed by atoms with E-state index in [-0.39, 0.29) is 11.5 Å². The maximum Gasteiger partial charge on any atom is 0.331 e. The third kappa shape index (κ3) is 5.10. The Morgan fingerprint density at radius 2 is 1.92 bits per heavy atom. The van der Waals surface area contributed by atoms with Crippen molar-refractivity contribution in [2.75, 3.05) is 13.1 Å². The standard InChI is InChI=1S/C16H18ClN3O4S2/c1-3-20(4-2)26(22,23)13-8-5-12(6-9-13)7-10-15(21)24-11-14-16(17)25-19-18-14/h5-10H,3-4,11H2,1-2H3/b10-7+. The van der Waals surface area contributed by atoms with Crippen molar-refractivity contribution < 1.29 is 17.9 Å². The molecule has 0 saturated carbocycles. The van der Waals surface area contributed by atoms with E-state index in [9.17, 15) is 13.2 Å². The number of halogens is 1. The van der Waals surface area contributed by atoms with Gasteiger partial charge in [-0.25, -0.2) is 13.2 Å². The van der Waals surface area contributed by atoms with Crippen LogP contribution in [-0.2, 0) is 26.2 Å². The van der Waals surface area contributed by atoms with Gasteiger partial charge in [-0.15, -0.1) is 5.10 Å². The molecule has 0 bridgehead atoms. The second kappa shape index (κ2) is 9.22. The van der Waals surface area contributed by atoms with E-state index in [0.717, 1.165) is 11.5 Å². The van der Waals surface area contributed by atoms with Crippen LogP contribution in [0.25, 0.3) is 6.08 Å². The summed E-state index contributed by atoms with van der Waals surface area (Å²) >= 11 is 6.84. The molecule has 0 saturated heterocycles. The summed E-state index contributed by atoms with van der Waals surface area (Å²) in [6.45, 7) is 4.34. The molecule has 1 aromatic carbocycles. The first-order valence-corrected chi connectivity index (χ1v) is 10.4. The van der Waals surface area contributed by atoms with E-state index in [2.05, 4.69) is 9.59 Å². The summed E-state index contributed by atoms with van der Waals surface area (Å²) in [6.07, 6.45) is 2.79. The van der Waals surface area contributed by atoms with Crippen LogP contribution < -0.4 is 0 Å². The van der Waals surface area contributed by atoms with Gasteiger partial charge in [-0.2, -0.15) is 4.31 Å². The molecule has 0 aliphatic heterocycles. The SMILES string of the molecule is CCN(CC)S(=O)(=O)c1ccc(/C=C/C(=O)OCc2nnsc2Cl)cc1. The van der Waals surface area contributed by atoms with Crippen molar-refractivity contribution >= 4 is 45.2 Å². The molecule has 0 radical (unpaired) electrons. The predicted octanol–water partition coefficient (Wildman–Crippen LogP) is 2.98. The van der Waals surface area contributed by atoms with E-state index in [0.29, 0.717) is 28.7 Å². The predicted molar refractivity (Wildman–Crippen MR) is 100 cm³/mol. The molecule has 10 heteroatoms. The Kier molecular flexibility index (Phi) is 7.27. The number of hydrogen-bond acceptors (Lipinski definition) is 7. The minimum atomic E-state index is -3.49. The Balaban J connectivity index is 1.99. The molecule has 0 fully saturated rings. The van der Waals surface area contributed by atoms with E-state index in [1.165, 1.54) is 28.6 Å². The highest BCUT2D eigenvalue weighted by Crippen LogP contribution is 2.18. The fourth-order valence-corrected chi connectivity index (χ4v) is 4.16. The first-order valence-electron chi connectivity index (χ1n) is 7.80. The minimum Gasteiger partial charge on any atom is -0.456 e. The van der Waals surface area contributed by atoms with Gasteiger partial charge in [0, 0.05) is 30.7 Å². The first-order chi connectivity index (χ1) is 12.4. The van der Waals surface area contributed by atoms with Gasteiger partial charge in [0.25, 0.3) is 0 Å². The number of hydrogen-bond donors (Lipinski definition) is 0. The summed E-state index contributed by atoms with van der Waals surface area (Å²) in [7, 11) is -3.49. The van der Waals surface area contributed by atoms with Crippen molar-refractivity contribution in [2.24, 2.45) is 0 Å². The number of aromatic nitrogens is 2. The molecule has 0 atom stereocenters. The topological polar surface area (TPSA) is 89.5 Å². The normalized spacial score (nSPS) is 12.0. The summed E-state index contributed by atoms with van der Waals surface area (Å²) < 4.78 is 35.2. The van der Waals surface area contributed by atoms with Gasteiger partial charge in [0.2, 0.25) is 10.0 Å². The van der Waals surface area contributed by atoms with Gasteiger partial charge >= 0.3 is 5.97 Å². The third-order valence-electron chi connectivity index (χ3n) is 3.50. The van der Waals surface area contributed by atoms with Crippen LogP contribution in [0.1, 0.15) is 25.1 Å². The van der Waals surface area contributed by atoms with E-state index in [1.54, 1.807) is 26.0 Å². The van der Waals surface area contributed by atoms with Gasteiger partial charge in [0.1, 0.15) is 16.6 Å². The summed E-state index contributed by atoms with van der Waals surface area (Å²) in [6, 6.07) is 6.28. The third-order valence-corrected chi connectivity index (χ3v) is 6.54. The van der Waals surface area contributed by atoms with Crippen molar-refractivity contribution in [3.05, 3.63) is 45.9 Å². The molecule has 0 amide bonds. The zero-order valence-corrected chi connectivity index (χ0v) is 16.6. The molecular weight excluding hydrogens is 398 g/mol. The lowest BCUT2D eigenvalue weighted by Crippen LogP contribution is -2.30. The molecule has 0 N–H and O–H groups in total. The van der Waals surface area contributed by atoms with Crippen molar-refractivity contribution in [1.82, 2.24) is 13.9 Å². The van der Waals surface area contributed by atoms with Crippen LogP contribution in [0, 0.1) is 0 Å². The number of rotatable bonds is 8. The van der Waals surface area contributed by atoms with Gasteiger partial charge in [-0.3, -0.25) is 0 Å². The zero-order valence-electron chi connectivity index (χ0n) is 14.3. The number of benzene rings is 1. The van der Waals surface area contributed by atoms with Crippen LogP contribution in [0.3, 0.4) is 0 Å². The lowest BCUT2D eigenvalue weighted by atomic mass is 10.2. The van der Waals surface area contributed by atoms with Crippen molar-refractivity contribution in [2.45, 2.75) is 25.3 Å². The second-order valence-corrected chi connectivity index (χ2v) is 8.39. The zero-order chi connectivity index (χ0) is 19.2. The van der Waals surface area contributed by atoms with Crippen molar-refractivity contribution in [3.63, 3.8) is 0 Å². The molecule has 1 aromatic heterocycles. The Morgan fingerprint density at radius 3 is 2.46 bits per heavy atom. The van der Waals surface area contributed by atoms with Gasteiger partial charge in [0.15, 0.2) is 0 Å². The fraction of sp³-hybridized carbons (Fsp3) is 0.312. The molecule has 0 aliphatic carbocycles. The molecule has 0 spiro atoms. The molecule has 2 aromatic rings. The molecule has 2 rings (SSSR count). The smallest absolute Gasteiger partial charge is 0.331 e. The van der Waals surface area contributed by atoms with E-state index in [4.69, 9.17) is 16.3 Å². The Morgan fingerprint density at radius 1 is 1.27 bits per heavy atom. The summed E-state index contributed by atoms with van der Waals surface area (Å²) in [5.41, 5.74) is 1.08. The fourth-order valence-electron chi connectivity index (χ4n) is 2.10. The summed E-state index contributed by atoms with van der Waals surface area (Å²) in [4.78, 5) is 11.9. The largest absolute Gasteiger partial charge is 0.456 e. The lowest BCUT2D eigenvalue weighted by molar-refractivity contribution is -0.139. The van der Waals surface area contributed by atoms with E-state index >= 15 is 0 Å². The minimum absolute atomic E-state index is 0.0560. The molecule has 1 heterocycles. The summed E-state index contributed by atoms with van der Waals surface area (Å²) in [5, 5.41) is 3.74. The number of carbonyl (C=O) groups excluding carboxylic acids is 1. The van der Waals surface area contributed by atoms with Crippen LogP contribution in [0.4, 0.5) is 0 Å². The maximum atomic E-state index is 12.4. The molecule has 0 aliphatic rings. The van der Waals surface area contributed by atoms with Crippen LogP contribution >= 0.6 is 23.1 Å². The monoisotopic (exact) mass is 415 g/mol. The number of carbonyl (C=O) groups is 1. The molecule has 26 heavy (non-hydrogen) atoms. The van der Waals surface area contributed by atoms with Crippen LogP contribution in [0.15, 0.2) is 35.2 Å². The summed E-state index contributed by atoms with van der Waals surface area (Å²) in [5.74, 6) is -0.561. The molecule has 7 nitrogen and oxygen atoms in total. The highest BCUT2D eigenvalue weighted by molar-refractivity contribution is 7.89. The van der Waals surface area contributed by atoms with Crippen LogP contribution in [0.5, 0.6) is 0 Å². The van der Waals surface area contributed by atoms with E-state index < -0.39 is 16.0 Å². The number of sulfonamides is 1. The number of ether oxygens (including phenoxy) is 1. The van der Waals surface area contributed by atoms with E-state index in [1.807, 2.05) is 0 Å².